The van der Waals surface area contributed by atoms with Crippen molar-refractivity contribution in [1.29, 1.82) is 0 Å². The molecule has 0 aliphatic rings. The van der Waals surface area contributed by atoms with Crippen molar-refractivity contribution < 1.29 is 8.42 Å². The molecule has 2 unspecified atom stereocenters. The molecule has 0 amide bonds. The van der Waals surface area contributed by atoms with Crippen LogP contribution in [-0.4, -0.2) is 34.8 Å². The van der Waals surface area contributed by atoms with Crippen LogP contribution >= 0.6 is 31.9 Å². The summed E-state index contributed by atoms with van der Waals surface area (Å²) in [5, 5.41) is 8.06. The molecule has 0 bridgehead atoms. The van der Waals surface area contributed by atoms with Gasteiger partial charge in [0, 0.05) is 18.4 Å². The standard InChI is InChI=1S/C8H14Br2N4O2S/c1-5(4-9)6(2)12-17(15,16)8-7(10)11-13-14(8)3/h5-6,12H,4H2,1-3H3. The van der Waals surface area contributed by atoms with Crippen molar-refractivity contribution in [3.05, 3.63) is 4.60 Å². The first-order chi connectivity index (χ1) is 7.79. The van der Waals surface area contributed by atoms with Crippen LogP contribution in [0.1, 0.15) is 13.8 Å². The highest BCUT2D eigenvalue weighted by molar-refractivity contribution is 9.10. The molecule has 1 rings (SSSR count). The van der Waals surface area contributed by atoms with Crippen molar-refractivity contribution in [2.75, 3.05) is 5.33 Å². The van der Waals surface area contributed by atoms with Gasteiger partial charge in [0.05, 0.1) is 0 Å². The van der Waals surface area contributed by atoms with E-state index in [0.717, 1.165) is 5.33 Å². The second-order valence-electron chi connectivity index (χ2n) is 3.85. The maximum Gasteiger partial charge on any atom is 0.260 e. The van der Waals surface area contributed by atoms with Crippen LogP contribution in [-0.2, 0) is 17.1 Å². The number of nitrogens with zero attached hydrogens (tertiary/aromatic N) is 3. The zero-order chi connectivity index (χ0) is 13.2. The summed E-state index contributed by atoms with van der Waals surface area (Å²) in [4.78, 5) is 0. The van der Waals surface area contributed by atoms with Gasteiger partial charge in [0.25, 0.3) is 10.0 Å². The van der Waals surface area contributed by atoms with Gasteiger partial charge in [0.2, 0.25) is 5.03 Å². The number of aryl methyl sites for hydroxylation is 1. The van der Waals surface area contributed by atoms with Gasteiger partial charge in [-0.05, 0) is 28.8 Å². The van der Waals surface area contributed by atoms with E-state index in [2.05, 4.69) is 46.9 Å². The number of rotatable bonds is 5. The van der Waals surface area contributed by atoms with Crippen LogP contribution < -0.4 is 4.72 Å². The van der Waals surface area contributed by atoms with E-state index in [1.165, 1.54) is 11.7 Å². The van der Waals surface area contributed by atoms with E-state index in [4.69, 9.17) is 0 Å². The normalized spacial score (nSPS) is 15.8. The minimum absolute atomic E-state index is 0.0334. The molecular formula is C8H14Br2N4O2S. The Bertz CT molecular complexity index is 468. The number of halogens is 2. The van der Waals surface area contributed by atoms with Gasteiger partial charge in [0.15, 0.2) is 4.60 Å². The van der Waals surface area contributed by atoms with Gasteiger partial charge in [-0.1, -0.05) is 28.1 Å². The topological polar surface area (TPSA) is 76.9 Å². The highest BCUT2D eigenvalue weighted by Crippen LogP contribution is 2.19. The fraction of sp³-hybridized carbons (Fsp3) is 0.750. The average Bonchev–Trinajstić information content (AvgIpc) is 2.57. The largest absolute Gasteiger partial charge is 0.260 e. The first-order valence-corrected chi connectivity index (χ1v) is 8.32. The van der Waals surface area contributed by atoms with Crippen LogP contribution in [0.4, 0.5) is 0 Å². The van der Waals surface area contributed by atoms with Gasteiger partial charge in [-0.2, -0.15) is 0 Å². The molecule has 17 heavy (non-hydrogen) atoms. The first kappa shape index (κ1) is 15.1. The summed E-state index contributed by atoms with van der Waals surface area (Å²) in [5.74, 6) is 0.185. The Morgan fingerprint density at radius 1 is 1.47 bits per heavy atom. The summed E-state index contributed by atoms with van der Waals surface area (Å²) < 4.78 is 28.3. The zero-order valence-corrected chi connectivity index (χ0v) is 13.7. The number of hydrogen-bond acceptors (Lipinski definition) is 4. The van der Waals surface area contributed by atoms with Crippen molar-refractivity contribution in [1.82, 2.24) is 19.7 Å². The molecule has 0 aliphatic carbocycles. The molecule has 0 radical (unpaired) electrons. The Hall–Kier alpha value is 0.0100. The summed E-state index contributed by atoms with van der Waals surface area (Å²) in [7, 11) is -2.08. The minimum atomic E-state index is -3.61. The second kappa shape index (κ2) is 5.77. The molecule has 0 aromatic carbocycles. The Labute approximate surface area is 117 Å². The SMILES string of the molecule is CC(CBr)C(C)NS(=O)(=O)c1c(Br)nnn1C. The summed E-state index contributed by atoms with van der Waals surface area (Å²) >= 11 is 6.40. The molecule has 0 saturated carbocycles. The fourth-order valence-corrected chi connectivity index (χ4v) is 4.17. The molecule has 0 fully saturated rings. The van der Waals surface area contributed by atoms with E-state index >= 15 is 0 Å². The van der Waals surface area contributed by atoms with Gasteiger partial charge >= 0.3 is 0 Å². The quantitative estimate of drug-likeness (QED) is 0.769. The highest BCUT2D eigenvalue weighted by atomic mass is 79.9. The molecular weight excluding hydrogens is 376 g/mol. The summed E-state index contributed by atoms with van der Waals surface area (Å²) in [6.07, 6.45) is 0. The molecule has 0 spiro atoms. The predicted molar refractivity (Wildman–Crippen MR) is 71.4 cm³/mol. The van der Waals surface area contributed by atoms with Crippen molar-refractivity contribution in [2.45, 2.75) is 24.9 Å². The van der Waals surface area contributed by atoms with E-state index in [-0.39, 0.29) is 21.6 Å². The Kier molecular flexibility index (Phi) is 5.11. The number of aromatic nitrogens is 3. The molecule has 0 saturated heterocycles. The number of hydrogen-bond donors (Lipinski definition) is 1. The van der Waals surface area contributed by atoms with Crippen LogP contribution in [0.2, 0.25) is 0 Å². The number of nitrogens with one attached hydrogen (secondary N) is 1. The van der Waals surface area contributed by atoms with Gasteiger partial charge in [-0.25, -0.2) is 17.8 Å². The Morgan fingerprint density at radius 3 is 2.47 bits per heavy atom. The van der Waals surface area contributed by atoms with Crippen molar-refractivity contribution in [3.8, 4) is 0 Å². The number of alkyl halides is 1. The van der Waals surface area contributed by atoms with E-state index in [0.29, 0.717) is 0 Å². The van der Waals surface area contributed by atoms with Crippen molar-refractivity contribution in [3.63, 3.8) is 0 Å². The van der Waals surface area contributed by atoms with Crippen LogP contribution in [0.3, 0.4) is 0 Å². The van der Waals surface area contributed by atoms with Crippen LogP contribution in [0, 0.1) is 5.92 Å². The lowest BCUT2D eigenvalue weighted by Gasteiger charge is -2.19. The Balaban J connectivity index is 2.98. The maximum atomic E-state index is 12.1. The molecule has 1 N–H and O–H groups in total. The highest BCUT2D eigenvalue weighted by Gasteiger charge is 2.26. The minimum Gasteiger partial charge on any atom is -0.235 e. The van der Waals surface area contributed by atoms with E-state index in [1.807, 2.05) is 13.8 Å². The molecule has 98 valence electrons. The van der Waals surface area contributed by atoms with Gasteiger partial charge in [-0.15, -0.1) is 5.10 Å². The lowest BCUT2D eigenvalue weighted by Crippen LogP contribution is -2.38. The third-order valence-electron chi connectivity index (χ3n) is 2.43. The van der Waals surface area contributed by atoms with Gasteiger partial charge in [0.1, 0.15) is 0 Å². The molecule has 0 aliphatic heterocycles. The van der Waals surface area contributed by atoms with E-state index < -0.39 is 10.0 Å². The van der Waals surface area contributed by atoms with Crippen molar-refractivity contribution in [2.24, 2.45) is 13.0 Å². The van der Waals surface area contributed by atoms with E-state index in [9.17, 15) is 8.42 Å². The van der Waals surface area contributed by atoms with Crippen molar-refractivity contribution >= 4 is 41.9 Å². The third-order valence-corrected chi connectivity index (χ3v) is 5.90. The molecule has 9 heteroatoms. The summed E-state index contributed by atoms with van der Waals surface area (Å²) in [5.41, 5.74) is 0. The lowest BCUT2D eigenvalue weighted by atomic mass is 10.1. The van der Waals surface area contributed by atoms with E-state index in [1.54, 1.807) is 0 Å². The van der Waals surface area contributed by atoms with Crippen LogP contribution in [0.5, 0.6) is 0 Å². The molecule has 2 atom stereocenters. The average molecular weight is 390 g/mol. The first-order valence-electron chi connectivity index (χ1n) is 4.93. The molecule has 1 aromatic rings. The smallest absolute Gasteiger partial charge is 0.235 e. The predicted octanol–water partition coefficient (Wildman–Crippen LogP) is 1.28. The molecule has 1 heterocycles. The zero-order valence-electron chi connectivity index (χ0n) is 9.68. The van der Waals surface area contributed by atoms with Gasteiger partial charge in [-0.3, -0.25) is 0 Å². The van der Waals surface area contributed by atoms with Gasteiger partial charge < -0.3 is 0 Å². The third kappa shape index (κ3) is 3.49. The molecule has 6 nitrogen and oxygen atoms in total. The second-order valence-corrected chi connectivity index (χ2v) is 6.88. The van der Waals surface area contributed by atoms with Crippen LogP contribution in [0.25, 0.3) is 0 Å². The maximum absolute atomic E-state index is 12.1. The monoisotopic (exact) mass is 388 g/mol. The lowest BCUT2D eigenvalue weighted by molar-refractivity contribution is 0.479. The molecule has 1 aromatic heterocycles. The van der Waals surface area contributed by atoms with Crippen LogP contribution in [0.15, 0.2) is 9.63 Å². The number of sulfonamides is 1. The Morgan fingerprint density at radius 2 is 2.06 bits per heavy atom. The summed E-state index contributed by atoms with van der Waals surface area (Å²) in [6.45, 7) is 3.78. The fourth-order valence-electron chi connectivity index (χ4n) is 1.16. The summed E-state index contributed by atoms with van der Waals surface area (Å²) in [6, 6.07) is -0.179.